The van der Waals surface area contributed by atoms with Crippen molar-refractivity contribution in [2.45, 2.75) is 71.1 Å². The SMILES string of the molecule is CCN[C@@H](COC(C)(C)C)C(=O)OC1CCCC1. The van der Waals surface area contributed by atoms with Crippen LogP contribution < -0.4 is 5.32 Å². The highest BCUT2D eigenvalue weighted by atomic mass is 16.6. The van der Waals surface area contributed by atoms with Gasteiger partial charge >= 0.3 is 5.97 Å². The summed E-state index contributed by atoms with van der Waals surface area (Å²) < 4.78 is 11.2. The number of ether oxygens (including phenoxy) is 2. The quantitative estimate of drug-likeness (QED) is 0.742. The molecule has 1 atom stereocenters. The van der Waals surface area contributed by atoms with Crippen molar-refractivity contribution in [3.05, 3.63) is 0 Å². The molecule has 1 fully saturated rings. The van der Waals surface area contributed by atoms with E-state index in [4.69, 9.17) is 9.47 Å². The van der Waals surface area contributed by atoms with Crippen LogP contribution >= 0.6 is 0 Å². The predicted octanol–water partition coefficient (Wildman–Crippen LogP) is 2.27. The topological polar surface area (TPSA) is 47.6 Å². The molecule has 0 aromatic rings. The normalized spacial score (nSPS) is 18.9. The molecule has 0 heterocycles. The van der Waals surface area contributed by atoms with Crippen LogP contribution in [0, 0.1) is 0 Å². The summed E-state index contributed by atoms with van der Waals surface area (Å²) in [5.74, 6) is -0.173. The molecule has 4 heteroatoms. The Morgan fingerprint density at radius 3 is 2.44 bits per heavy atom. The molecule has 0 saturated heterocycles. The Bertz CT molecular complexity index is 254. The van der Waals surface area contributed by atoms with Crippen molar-refractivity contribution in [3.8, 4) is 0 Å². The van der Waals surface area contributed by atoms with E-state index in [0.29, 0.717) is 6.61 Å². The van der Waals surface area contributed by atoms with Crippen LogP contribution in [0.15, 0.2) is 0 Å². The lowest BCUT2D eigenvalue weighted by atomic mass is 10.2. The van der Waals surface area contributed by atoms with Gasteiger partial charge in [0.1, 0.15) is 12.1 Å². The first-order valence-electron chi connectivity index (χ1n) is 7.00. The molecule has 18 heavy (non-hydrogen) atoms. The highest BCUT2D eigenvalue weighted by Gasteiger charge is 2.26. The second-order valence-corrected chi connectivity index (χ2v) is 5.88. The fourth-order valence-corrected chi connectivity index (χ4v) is 2.04. The molecule has 1 aliphatic carbocycles. The van der Waals surface area contributed by atoms with Crippen LogP contribution in [0.25, 0.3) is 0 Å². The first-order valence-corrected chi connectivity index (χ1v) is 7.00. The first-order chi connectivity index (χ1) is 8.42. The van der Waals surface area contributed by atoms with Crippen LogP contribution in [-0.2, 0) is 14.3 Å². The van der Waals surface area contributed by atoms with Gasteiger partial charge in [-0.25, -0.2) is 0 Å². The fourth-order valence-electron chi connectivity index (χ4n) is 2.04. The van der Waals surface area contributed by atoms with Crippen molar-refractivity contribution in [2.75, 3.05) is 13.2 Å². The third kappa shape index (κ3) is 5.83. The lowest BCUT2D eigenvalue weighted by Crippen LogP contribution is -2.44. The standard InChI is InChI=1S/C14H27NO3/c1-5-15-12(10-17-14(2,3)4)13(16)18-11-8-6-7-9-11/h11-12,15H,5-10H2,1-4H3/t12-/m0/s1. The number of carbonyl (C=O) groups excluding carboxylic acids is 1. The minimum absolute atomic E-state index is 0.119. The minimum Gasteiger partial charge on any atom is -0.461 e. The molecule has 1 aliphatic rings. The maximum atomic E-state index is 12.0. The number of rotatable bonds is 6. The molecular formula is C14H27NO3. The van der Waals surface area contributed by atoms with Crippen LogP contribution in [0.4, 0.5) is 0 Å². The van der Waals surface area contributed by atoms with Crippen molar-refractivity contribution >= 4 is 5.97 Å². The number of nitrogens with one attached hydrogen (secondary N) is 1. The Balaban J connectivity index is 2.41. The third-order valence-corrected chi connectivity index (χ3v) is 3.00. The summed E-state index contributed by atoms with van der Waals surface area (Å²) in [6, 6.07) is -0.352. The average Bonchev–Trinajstić information content (AvgIpc) is 2.75. The van der Waals surface area contributed by atoms with Gasteiger partial charge in [0.2, 0.25) is 0 Å². The Kier molecular flexibility index (Phi) is 6.09. The van der Waals surface area contributed by atoms with Gasteiger partial charge < -0.3 is 14.8 Å². The van der Waals surface area contributed by atoms with E-state index >= 15 is 0 Å². The van der Waals surface area contributed by atoms with Gasteiger partial charge in [-0.1, -0.05) is 6.92 Å². The fraction of sp³-hybridized carbons (Fsp3) is 0.929. The zero-order chi connectivity index (χ0) is 13.6. The van der Waals surface area contributed by atoms with Crippen molar-refractivity contribution in [2.24, 2.45) is 0 Å². The van der Waals surface area contributed by atoms with Gasteiger partial charge in [0.05, 0.1) is 12.2 Å². The Morgan fingerprint density at radius 2 is 1.94 bits per heavy atom. The molecule has 0 bridgehead atoms. The number of hydrogen-bond acceptors (Lipinski definition) is 4. The second-order valence-electron chi connectivity index (χ2n) is 5.88. The Labute approximate surface area is 110 Å². The maximum absolute atomic E-state index is 12.0. The lowest BCUT2D eigenvalue weighted by Gasteiger charge is -2.25. The number of hydrogen-bond donors (Lipinski definition) is 1. The second kappa shape index (κ2) is 7.10. The van der Waals surface area contributed by atoms with Gasteiger partial charge in [-0.05, 0) is 53.0 Å². The molecule has 0 amide bonds. The van der Waals surface area contributed by atoms with E-state index in [1.54, 1.807) is 0 Å². The number of likely N-dealkylation sites (N-methyl/N-ethyl adjacent to an activating group) is 1. The van der Waals surface area contributed by atoms with Gasteiger partial charge in [-0.15, -0.1) is 0 Å². The molecule has 0 unspecified atom stereocenters. The molecule has 1 saturated carbocycles. The van der Waals surface area contributed by atoms with Crippen LogP contribution in [0.5, 0.6) is 0 Å². The first kappa shape index (κ1) is 15.4. The monoisotopic (exact) mass is 257 g/mol. The van der Waals surface area contributed by atoms with E-state index in [2.05, 4.69) is 5.32 Å². The molecule has 0 aliphatic heterocycles. The van der Waals surface area contributed by atoms with Gasteiger partial charge in [0.25, 0.3) is 0 Å². The van der Waals surface area contributed by atoms with Gasteiger partial charge in [-0.3, -0.25) is 4.79 Å². The third-order valence-electron chi connectivity index (χ3n) is 3.00. The zero-order valence-corrected chi connectivity index (χ0v) is 12.1. The van der Waals surface area contributed by atoms with Crippen LogP contribution in [0.1, 0.15) is 53.4 Å². The summed E-state index contributed by atoms with van der Waals surface area (Å²) in [5.41, 5.74) is -0.235. The highest BCUT2D eigenvalue weighted by molar-refractivity contribution is 5.76. The molecule has 1 N–H and O–H groups in total. The van der Waals surface area contributed by atoms with Crippen molar-refractivity contribution in [1.29, 1.82) is 0 Å². The molecule has 1 rings (SSSR count). The van der Waals surface area contributed by atoms with E-state index in [1.165, 1.54) is 12.8 Å². The lowest BCUT2D eigenvalue weighted by molar-refractivity contribution is -0.154. The summed E-state index contributed by atoms with van der Waals surface area (Å²) in [7, 11) is 0. The molecule has 0 spiro atoms. The summed E-state index contributed by atoms with van der Waals surface area (Å²) in [4.78, 5) is 12.0. The van der Waals surface area contributed by atoms with E-state index < -0.39 is 0 Å². The molecule has 0 aromatic carbocycles. The van der Waals surface area contributed by atoms with Gasteiger partial charge in [0.15, 0.2) is 0 Å². The van der Waals surface area contributed by atoms with Crippen molar-refractivity contribution in [1.82, 2.24) is 5.32 Å². The molecule has 0 radical (unpaired) electrons. The molecular weight excluding hydrogens is 230 g/mol. The molecule has 106 valence electrons. The largest absolute Gasteiger partial charge is 0.461 e. The summed E-state index contributed by atoms with van der Waals surface area (Å²) in [5, 5.41) is 3.13. The molecule has 0 aromatic heterocycles. The predicted molar refractivity (Wildman–Crippen MR) is 71.5 cm³/mol. The highest BCUT2D eigenvalue weighted by Crippen LogP contribution is 2.21. The van der Waals surface area contributed by atoms with Crippen LogP contribution in [-0.4, -0.2) is 36.9 Å². The van der Waals surface area contributed by atoms with E-state index in [0.717, 1.165) is 19.4 Å². The average molecular weight is 257 g/mol. The van der Waals surface area contributed by atoms with Gasteiger partial charge in [-0.2, -0.15) is 0 Å². The zero-order valence-electron chi connectivity index (χ0n) is 12.1. The minimum atomic E-state index is -0.352. The summed E-state index contributed by atoms with van der Waals surface area (Å²) >= 11 is 0. The summed E-state index contributed by atoms with van der Waals surface area (Å²) in [6.07, 6.45) is 4.47. The molecule has 4 nitrogen and oxygen atoms in total. The Hall–Kier alpha value is -0.610. The summed E-state index contributed by atoms with van der Waals surface area (Å²) in [6.45, 7) is 9.03. The van der Waals surface area contributed by atoms with Crippen LogP contribution in [0.3, 0.4) is 0 Å². The number of carbonyl (C=O) groups is 1. The van der Waals surface area contributed by atoms with E-state index in [9.17, 15) is 4.79 Å². The maximum Gasteiger partial charge on any atom is 0.325 e. The van der Waals surface area contributed by atoms with E-state index in [1.807, 2.05) is 27.7 Å². The number of esters is 1. The van der Waals surface area contributed by atoms with E-state index in [-0.39, 0.29) is 23.7 Å². The smallest absolute Gasteiger partial charge is 0.325 e. The van der Waals surface area contributed by atoms with Crippen molar-refractivity contribution in [3.63, 3.8) is 0 Å². The van der Waals surface area contributed by atoms with Crippen molar-refractivity contribution < 1.29 is 14.3 Å². The Morgan fingerprint density at radius 1 is 1.33 bits per heavy atom. The van der Waals surface area contributed by atoms with Crippen LogP contribution in [0.2, 0.25) is 0 Å². The van der Waals surface area contributed by atoms with Gasteiger partial charge in [0, 0.05) is 0 Å².